The maximum absolute atomic E-state index is 5.87. The van der Waals surface area contributed by atoms with Crippen LogP contribution in [-0.4, -0.2) is 8.83 Å². The van der Waals surface area contributed by atoms with Crippen molar-refractivity contribution in [1.29, 1.82) is 0 Å². The Morgan fingerprint density at radius 3 is 2.33 bits per heavy atom. The van der Waals surface area contributed by atoms with E-state index in [4.69, 9.17) is 22.7 Å². The van der Waals surface area contributed by atoms with Gasteiger partial charge in [-0.1, -0.05) is 31.2 Å². The Hall–Kier alpha value is 0.0169. The summed E-state index contributed by atoms with van der Waals surface area (Å²) in [5, 5.41) is 0. The number of rotatable bonds is 3. The second-order valence-corrected chi connectivity index (χ2v) is 5.66. The molecule has 0 aliphatic rings. The van der Waals surface area contributed by atoms with E-state index in [1.54, 1.807) is 0 Å². The van der Waals surface area contributed by atoms with E-state index in [9.17, 15) is 0 Å². The molecule has 66 valence electrons. The molecule has 0 bridgehead atoms. The predicted molar refractivity (Wildman–Crippen MR) is 58.8 cm³/mol. The van der Waals surface area contributed by atoms with E-state index in [-0.39, 0.29) is 0 Å². The Kier molecular flexibility index (Phi) is 4.13. The topological polar surface area (TPSA) is 0 Å². The molecule has 0 aliphatic heterocycles. The first-order valence-corrected chi connectivity index (χ1v) is 7.47. The lowest BCUT2D eigenvalue weighted by Crippen LogP contribution is -1.97. The standard InChI is InChI=1S/C9H12Cl2Si/c1-7(12-11)9-4-2-8(6-10)3-5-9/h2-5,7H,6,12H2,1H3. The van der Waals surface area contributed by atoms with E-state index in [0.29, 0.717) is 11.4 Å². The smallest absolute Gasteiger partial charge is 0.132 e. The van der Waals surface area contributed by atoms with E-state index >= 15 is 0 Å². The summed E-state index contributed by atoms with van der Waals surface area (Å²) < 4.78 is 0. The number of halogens is 2. The van der Waals surface area contributed by atoms with Gasteiger partial charge in [-0.05, 0) is 16.7 Å². The van der Waals surface area contributed by atoms with Gasteiger partial charge in [-0.3, -0.25) is 0 Å². The molecular weight excluding hydrogens is 207 g/mol. The minimum absolute atomic E-state index is 0.439. The van der Waals surface area contributed by atoms with Crippen molar-refractivity contribution >= 4 is 31.5 Å². The van der Waals surface area contributed by atoms with Crippen LogP contribution in [-0.2, 0) is 5.88 Å². The molecule has 0 radical (unpaired) electrons. The molecule has 0 saturated carbocycles. The van der Waals surface area contributed by atoms with Crippen molar-refractivity contribution in [1.82, 2.24) is 0 Å². The molecule has 0 amide bonds. The molecule has 0 fully saturated rings. The molecule has 1 atom stereocenters. The van der Waals surface area contributed by atoms with Crippen LogP contribution in [0.25, 0.3) is 0 Å². The number of alkyl halides is 1. The molecule has 1 aromatic carbocycles. The summed E-state index contributed by atoms with van der Waals surface area (Å²) in [6.45, 7) is 2.18. The minimum Gasteiger partial charge on any atom is -0.176 e. The van der Waals surface area contributed by atoms with Crippen LogP contribution >= 0.6 is 22.7 Å². The van der Waals surface area contributed by atoms with Crippen LogP contribution in [0, 0.1) is 0 Å². The molecule has 1 unspecified atom stereocenters. The molecule has 0 aliphatic carbocycles. The quantitative estimate of drug-likeness (QED) is 0.416. The zero-order chi connectivity index (χ0) is 8.97. The van der Waals surface area contributed by atoms with Gasteiger partial charge in [-0.15, -0.1) is 11.6 Å². The van der Waals surface area contributed by atoms with Crippen LogP contribution in [0.3, 0.4) is 0 Å². The second kappa shape index (κ2) is 4.90. The Morgan fingerprint density at radius 1 is 1.33 bits per heavy atom. The van der Waals surface area contributed by atoms with Crippen molar-refractivity contribution < 1.29 is 0 Å². The fourth-order valence-corrected chi connectivity index (χ4v) is 2.19. The molecule has 1 aromatic rings. The van der Waals surface area contributed by atoms with E-state index in [2.05, 4.69) is 31.2 Å². The number of hydrogen-bond donors (Lipinski definition) is 0. The van der Waals surface area contributed by atoms with Crippen LogP contribution in [0.5, 0.6) is 0 Å². The second-order valence-electron chi connectivity index (χ2n) is 2.93. The van der Waals surface area contributed by atoms with Gasteiger partial charge >= 0.3 is 0 Å². The monoisotopic (exact) mass is 218 g/mol. The zero-order valence-corrected chi connectivity index (χ0v) is 9.98. The zero-order valence-electron chi connectivity index (χ0n) is 7.06. The van der Waals surface area contributed by atoms with Crippen molar-refractivity contribution in [2.45, 2.75) is 18.3 Å². The van der Waals surface area contributed by atoms with Crippen molar-refractivity contribution in [2.24, 2.45) is 0 Å². The normalized spacial score (nSPS) is 13.9. The predicted octanol–water partition coefficient (Wildman–Crippen LogP) is 2.81. The van der Waals surface area contributed by atoms with Crippen LogP contribution in [0.4, 0.5) is 0 Å². The Labute approximate surface area is 85.4 Å². The first-order chi connectivity index (χ1) is 5.77. The number of hydrogen-bond acceptors (Lipinski definition) is 0. The van der Waals surface area contributed by atoms with Gasteiger partial charge in [0.2, 0.25) is 0 Å². The van der Waals surface area contributed by atoms with E-state index < -0.39 is 8.83 Å². The summed E-state index contributed by atoms with van der Waals surface area (Å²) in [7, 11) is -0.439. The fourth-order valence-electron chi connectivity index (χ4n) is 1.02. The highest BCUT2D eigenvalue weighted by Crippen LogP contribution is 2.16. The van der Waals surface area contributed by atoms with Crippen LogP contribution < -0.4 is 0 Å². The molecular formula is C9H12Cl2Si. The number of benzene rings is 1. The van der Waals surface area contributed by atoms with Gasteiger partial charge in [-0.25, -0.2) is 0 Å². The molecule has 12 heavy (non-hydrogen) atoms. The molecule has 0 saturated heterocycles. The summed E-state index contributed by atoms with van der Waals surface area (Å²) in [4.78, 5) is 0. The summed E-state index contributed by atoms with van der Waals surface area (Å²) in [5.41, 5.74) is 3.07. The molecule has 0 spiro atoms. The largest absolute Gasteiger partial charge is 0.176 e. The summed E-state index contributed by atoms with van der Waals surface area (Å²) in [5.74, 6) is 0.590. The third-order valence-corrected chi connectivity index (χ3v) is 4.57. The Bertz CT molecular complexity index is 233. The summed E-state index contributed by atoms with van der Waals surface area (Å²) in [6, 6.07) is 8.38. The molecule has 0 N–H and O–H groups in total. The van der Waals surface area contributed by atoms with Gasteiger partial charge < -0.3 is 0 Å². The van der Waals surface area contributed by atoms with Gasteiger partial charge in [0.1, 0.15) is 8.83 Å². The van der Waals surface area contributed by atoms with Crippen LogP contribution in [0.2, 0.25) is 0 Å². The van der Waals surface area contributed by atoms with Crippen molar-refractivity contribution in [3.8, 4) is 0 Å². The summed E-state index contributed by atoms with van der Waals surface area (Å²) in [6.07, 6.45) is 0. The van der Waals surface area contributed by atoms with Crippen molar-refractivity contribution in [3.05, 3.63) is 35.4 Å². The maximum atomic E-state index is 5.87. The van der Waals surface area contributed by atoms with E-state index in [0.717, 1.165) is 0 Å². The Morgan fingerprint density at radius 2 is 1.92 bits per heavy atom. The lowest BCUT2D eigenvalue weighted by molar-refractivity contribution is 1.07. The van der Waals surface area contributed by atoms with Gasteiger partial charge in [0, 0.05) is 5.88 Å². The van der Waals surface area contributed by atoms with Crippen molar-refractivity contribution in [2.75, 3.05) is 0 Å². The lowest BCUT2D eigenvalue weighted by atomic mass is 10.1. The fraction of sp³-hybridized carbons (Fsp3) is 0.333. The van der Waals surface area contributed by atoms with Gasteiger partial charge in [-0.2, -0.15) is 11.1 Å². The van der Waals surface area contributed by atoms with Gasteiger partial charge in [0.15, 0.2) is 0 Å². The highest BCUT2D eigenvalue weighted by Gasteiger charge is 2.03. The first kappa shape index (κ1) is 10.1. The minimum atomic E-state index is -0.439. The van der Waals surface area contributed by atoms with Gasteiger partial charge in [0.05, 0.1) is 0 Å². The molecule has 1 rings (SSSR count). The van der Waals surface area contributed by atoms with Crippen molar-refractivity contribution in [3.63, 3.8) is 0 Å². The van der Waals surface area contributed by atoms with E-state index in [1.165, 1.54) is 11.1 Å². The van der Waals surface area contributed by atoms with Crippen LogP contribution in [0.15, 0.2) is 24.3 Å². The highest BCUT2D eigenvalue weighted by atomic mass is 35.6. The van der Waals surface area contributed by atoms with E-state index in [1.807, 2.05) is 0 Å². The lowest BCUT2D eigenvalue weighted by Gasteiger charge is -2.06. The maximum Gasteiger partial charge on any atom is 0.132 e. The molecule has 0 nitrogen and oxygen atoms in total. The SMILES string of the molecule is CC([SiH2]Cl)c1ccc(CCl)cc1. The van der Waals surface area contributed by atoms with Crippen LogP contribution in [0.1, 0.15) is 23.6 Å². The molecule has 0 aromatic heterocycles. The molecule has 3 heteroatoms. The average Bonchev–Trinajstić information content (AvgIpc) is 2.17. The summed E-state index contributed by atoms with van der Waals surface area (Å²) >= 11 is 11.5. The average molecular weight is 219 g/mol. The third kappa shape index (κ3) is 2.51. The molecule has 0 heterocycles. The van der Waals surface area contributed by atoms with Gasteiger partial charge in [0.25, 0.3) is 0 Å². The Balaban J connectivity index is 2.77. The highest BCUT2D eigenvalue weighted by molar-refractivity contribution is 6.94. The first-order valence-electron chi connectivity index (χ1n) is 3.98. The third-order valence-electron chi connectivity index (χ3n) is 1.93.